The molecule has 1 heterocycles. The predicted octanol–water partition coefficient (Wildman–Crippen LogP) is 4.21. The Hall–Kier alpha value is -1.32. The Bertz CT molecular complexity index is 500. The lowest BCUT2D eigenvalue weighted by Gasteiger charge is -2.00. The summed E-state index contributed by atoms with van der Waals surface area (Å²) in [4.78, 5) is 12.2. The fraction of sp³-hybridized carbons (Fsp3) is 0. The maximum Gasteiger partial charge on any atom is 0.195 e. The van der Waals surface area contributed by atoms with Crippen LogP contribution in [0.5, 0.6) is 0 Å². The monoisotopic (exact) mass is 246 g/mol. The molecule has 0 radical (unpaired) electrons. The van der Waals surface area contributed by atoms with Gasteiger partial charge in [-0.15, -0.1) is 11.3 Å². The normalized spacial score (nSPS) is 10.0. The van der Waals surface area contributed by atoms with Crippen LogP contribution in [0.3, 0.4) is 0 Å². The molecule has 2 aromatic rings. The van der Waals surface area contributed by atoms with E-state index < -0.39 is 0 Å². The van der Waals surface area contributed by atoms with E-state index in [9.17, 15) is 4.79 Å². The first-order valence-electron chi connectivity index (χ1n) is 4.77. The molecule has 1 aromatic carbocycles. The molecule has 0 spiro atoms. The van der Waals surface area contributed by atoms with Crippen molar-refractivity contribution in [2.45, 2.75) is 4.21 Å². The summed E-state index contributed by atoms with van der Waals surface area (Å²) in [5, 5.41) is 3.68. The number of hydrogen-bond donors (Lipinski definition) is 0. The zero-order valence-corrected chi connectivity index (χ0v) is 10.2. The van der Waals surface area contributed by atoms with Crippen LogP contribution in [0.1, 0.15) is 15.9 Å². The number of carbonyl (C=O) groups is 1. The zero-order valence-electron chi connectivity index (χ0n) is 8.55. The summed E-state index contributed by atoms with van der Waals surface area (Å²) in [5.74, 6) is 0.0752. The highest BCUT2D eigenvalue weighted by Gasteiger charge is 2.13. The maximum absolute atomic E-state index is 12.2. The van der Waals surface area contributed by atoms with Crippen molar-refractivity contribution in [1.82, 2.24) is 0 Å². The topological polar surface area (TPSA) is 17.1 Å². The smallest absolute Gasteiger partial charge is 0.195 e. The van der Waals surface area contributed by atoms with Crippen molar-refractivity contribution in [2.24, 2.45) is 0 Å². The fourth-order valence-electron chi connectivity index (χ4n) is 1.38. The average Bonchev–Trinajstić information content (AvgIpc) is 2.78. The summed E-state index contributed by atoms with van der Waals surface area (Å²) in [7, 11) is 0. The molecule has 1 nitrogen and oxygen atoms in total. The van der Waals surface area contributed by atoms with Gasteiger partial charge >= 0.3 is 0 Å². The van der Waals surface area contributed by atoms with Crippen molar-refractivity contribution in [3.05, 3.63) is 64.9 Å². The van der Waals surface area contributed by atoms with Crippen molar-refractivity contribution in [1.29, 1.82) is 0 Å². The van der Waals surface area contributed by atoms with Crippen LogP contribution < -0.4 is 0 Å². The van der Waals surface area contributed by atoms with Crippen LogP contribution in [0.4, 0.5) is 0 Å². The van der Waals surface area contributed by atoms with Crippen LogP contribution in [-0.2, 0) is 0 Å². The van der Waals surface area contributed by atoms with Gasteiger partial charge < -0.3 is 0 Å². The molecule has 0 saturated carbocycles. The minimum absolute atomic E-state index is 0.0752. The Balaban J connectivity index is 2.34. The molecule has 2 rings (SSSR count). The number of thiophene rings is 1. The molecule has 80 valence electrons. The van der Waals surface area contributed by atoms with Gasteiger partial charge in [-0.05, 0) is 16.9 Å². The molecule has 0 aliphatic heterocycles. The van der Waals surface area contributed by atoms with Gasteiger partial charge in [-0.2, -0.15) is 0 Å². The summed E-state index contributed by atoms with van der Waals surface area (Å²) < 4.78 is 1.00. The number of rotatable bonds is 4. The summed E-state index contributed by atoms with van der Waals surface area (Å²) in [6.07, 6.45) is 0. The quantitative estimate of drug-likeness (QED) is 0.593. The molecule has 0 bridgehead atoms. The second kappa shape index (κ2) is 5.14. The molecule has 0 amide bonds. The van der Waals surface area contributed by atoms with Gasteiger partial charge in [-0.25, -0.2) is 0 Å². The van der Waals surface area contributed by atoms with Crippen LogP contribution >= 0.6 is 23.1 Å². The molecular formula is C13H10OS2. The second-order valence-electron chi connectivity index (χ2n) is 3.10. The highest BCUT2D eigenvalue weighted by atomic mass is 32.2. The lowest BCUT2D eigenvalue weighted by molar-refractivity contribution is 0.103. The van der Waals surface area contributed by atoms with Gasteiger partial charge in [-0.3, -0.25) is 4.79 Å². The molecule has 0 aliphatic carbocycles. The molecule has 0 N–H and O–H groups in total. The number of hydrogen-bond acceptors (Lipinski definition) is 3. The van der Waals surface area contributed by atoms with Crippen LogP contribution in [0.25, 0.3) is 0 Å². The van der Waals surface area contributed by atoms with E-state index in [2.05, 4.69) is 6.58 Å². The van der Waals surface area contributed by atoms with E-state index in [0.29, 0.717) is 0 Å². The van der Waals surface area contributed by atoms with Crippen molar-refractivity contribution >= 4 is 28.9 Å². The summed E-state index contributed by atoms with van der Waals surface area (Å²) in [5.41, 5.74) is 1.49. The van der Waals surface area contributed by atoms with Gasteiger partial charge in [0.25, 0.3) is 0 Å². The molecule has 0 atom stereocenters. The number of carbonyl (C=O) groups excluding carboxylic acids is 1. The van der Waals surface area contributed by atoms with Crippen molar-refractivity contribution in [2.75, 3.05) is 0 Å². The van der Waals surface area contributed by atoms with E-state index in [4.69, 9.17) is 0 Å². The first kappa shape index (κ1) is 11.2. The minimum atomic E-state index is 0.0752. The molecule has 1 aromatic heterocycles. The zero-order chi connectivity index (χ0) is 11.4. The van der Waals surface area contributed by atoms with Crippen molar-refractivity contribution in [3.8, 4) is 0 Å². The van der Waals surface area contributed by atoms with Crippen molar-refractivity contribution in [3.63, 3.8) is 0 Å². The Kier molecular flexibility index (Phi) is 3.59. The van der Waals surface area contributed by atoms with Gasteiger partial charge in [0.05, 0.1) is 4.21 Å². The van der Waals surface area contributed by atoms with E-state index >= 15 is 0 Å². The molecule has 0 fully saturated rings. The SMILES string of the molecule is C=CSc1sccc1C(=O)c1ccccc1. The largest absolute Gasteiger partial charge is 0.289 e. The van der Waals surface area contributed by atoms with E-state index in [1.807, 2.05) is 41.8 Å². The van der Waals surface area contributed by atoms with Crippen LogP contribution in [0.2, 0.25) is 0 Å². The summed E-state index contributed by atoms with van der Waals surface area (Å²) in [6.45, 7) is 3.67. The standard InChI is InChI=1S/C13H10OS2/c1-2-15-13-11(8-9-16-13)12(14)10-6-4-3-5-7-10/h2-9H,1H2. The molecule has 0 saturated heterocycles. The number of benzene rings is 1. The number of ketones is 1. The lowest BCUT2D eigenvalue weighted by atomic mass is 10.1. The summed E-state index contributed by atoms with van der Waals surface area (Å²) in [6, 6.07) is 11.2. The highest BCUT2D eigenvalue weighted by molar-refractivity contribution is 8.03. The van der Waals surface area contributed by atoms with E-state index in [0.717, 1.165) is 15.3 Å². The van der Waals surface area contributed by atoms with Gasteiger partial charge in [0.2, 0.25) is 0 Å². The minimum Gasteiger partial charge on any atom is -0.289 e. The Morgan fingerprint density at radius 2 is 2.00 bits per heavy atom. The molecule has 0 unspecified atom stereocenters. The lowest BCUT2D eigenvalue weighted by Crippen LogP contribution is -1.99. The van der Waals surface area contributed by atoms with E-state index in [-0.39, 0.29) is 5.78 Å². The first-order chi connectivity index (χ1) is 7.83. The highest BCUT2D eigenvalue weighted by Crippen LogP contribution is 2.30. The van der Waals surface area contributed by atoms with Crippen LogP contribution in [0, 0.1) is 0 Å². The molecule has 0 aliphatic rings. The van der Waals surface area contributed by atoms with Gasteiger partial charge in [0, 0.05) is 11.1 Å². The Morgan fingerprint density at radius 3 is 2.69 bits per heavy atom. The number of thioether (sulfide) groups is 1. The fourth-order valence-corrected chi connectivity index (χ4v) is 3.02. The summed E-state index contributed by atoms with van der Waals surface area (Å²) >= 11 is 3.06. The Labute approximate surface area is 103 Å². The third kappa shape index (κ3) is 2.26. The second-order valence-corrected chi connectivity index (χ2v) is 5.25. The third-order valence-electron chi connectivity index (χ3n) is 2.10. The Morgan fingerprint density at radius 1 is 1.25 bits per heavy atom. The van der Waals surface area contributed by atoms with Crippen LogP contribution in [-0.4, -0.2) is 5.78 Å². The van der Waals surface area contributed by atoms with Gasteiger partial charge in [0.15, 0.2) is 5.78 Å². The molecule has 16 heavy (non-hydrogen) atoms. The van der Waals surface area contributed by atoms with Gasteiger partial charge in [0.1, 0.15) is 0 Å². The van der Waals surface area contributed by atoms with Gasteiger partial charge in [-0.1, -0.05) is 48.7 Å². The third-order valence-corrected chi connectivity index (χ3v) is 3.98. The predicted molar refractivity (Wildman–Crippen MR) is 70.2 cm³/mol. The van der Waals surface area contributed by atoms with Crippen molar-refractivity contribution < 1.29 is 4.79 Å². The van der Waals surface area contributed by atoms with E-state index in [1.165, 1.54) is 11.8 Å². The molecular weight excluding hydrogens is 236 g/mol. The van der Waals surface area contributed by atoms with E-state index in [1.54, 1.807) is 16.7 Å². The maximum atomic E-state index is 12.2. The molecule has 3 heteroatoms. The average molecular weight is 246 g/mol. The first-order valence-corrected chi connectivity index (χ1v) is 6.53. The van der Waals surface area contributed by atoms with Crippen LogP contribution in [0.15, 0.2) is 58.0 Å².